The molecule has 0 bridgehead atoms. The second-order valence-electron chi connectivity index (χ2n) is 19.9. The lowest BCUT2D eigenvalue weighted by atomic mass is 9.80. The van der Waals surface area contributed by atoms with Gasteiger partial charge in [0.15, 0.2) is 0 Å². The smallest absolute Gasteiger partial charge is 0.0619 e. The quantitative estimate of drug-likeness (QED) is 0.176. The molecule has 8 aromatic rings. The molecule has 0 spiro atoms. The van der Waals surface area contributed by atoms with Gasteiger partial charge < -0.3 is 9.88 Å². The predicted molar refractivity (Wildman–Crippen MR) is 286 cm³/mol. The van der Waals surface area contributed by atoms with Crippen LogP contribution in [0.25, 0.3) is 83.3 Å². The Hall–Kier alpha value is -7.42. The van der Waals surface area contributed by atoms with E-state index in [0.717, 1.165) is 25.7 Å². The molecule has 4 aliphatic carbocycles. The van der Waals surface area contributed by atoms with Gasteiger partial charge in [-0.25, -0.2) is 0 Å². The second-order valence-corrected chi connectivity index (χ2v) is 19.9. The minimum absolute atomic E-state index is 0.293. The molecule has 2 heteroatoms. The summed E-state index contributed by atoms with van der Waals surface area (Å²) in [5.41, 5.74) is 23.7. The van der Waals surface area contributed by atoms with Gasteiger partial charge in [0, 0.05) is 44.6 Å². The highest BCUT2D eigenvalue weighted by Gasteiger charge is 2.30. The number of allylic oxidation sites excluding steroid dienone is 13. The molecule has 1 aliphatic heterocycles. The Balaban J connectivity index is 0.829. The third-order valence-corrected chi connectivity index (χ3v) is 15.4. The fraction of sp³-hybridized carbons (Fsp3) is 0.169. The van der Waals surface area contributed by atoms with Crippen molar-refractivity contribution in [3.8, 4) is 27.9 Å². The molecule has 0 radical (unpaired) electrons. The van der Waals surface area contributed by atoms with E-state index in [2.05, 4.69) is 225 Å². The number of hydrogen-bond acceptors (Lipinski definition) is 1. The summed E-state index contributed by atoms with van der Waals surface area (Å²) in [4.78, 5) is 0. The number of nitrogens with one attached hydrogen (secondary N) is 1. The highest BCUT2D eigenvalue weighted by molar-refractivity contribution is 6.17. The molecule has 0 saturated carbocycles. The van der Waals surface area contributed by atoms with Crippen LogP contribution in [0.1, 0.15) is 67.9 Å². The number of anilines is 1. The van der Waals surface area contributed by atoms with Crippen molar-refractivity contribution >= 4 is 61.1 Å². The highest BCUT2D eigenvalue weighted by atomic mass is 15.0. The molecule has 4 unspecified atom stereocenters. The van der Waals surface area contributed by atoms with Crippen LogP contribution in [0.5, 0.6) is 0 Å². The molecule has 1 aromatic heterocycles. The summed E-state index contributed by atoms with van der Waals surface area (Å²) in [5.74, 6) is 1.75. The van der Waals surface area contributed by atoms with Gasteiger partial charge in [0.25, 0.3) is 0 Å². The number of hydrogen-bond donors (Lipinski definition) is 1. The van der Waals surface area contributed by atoms with E-state index in [0.29, 0.717) is 23.7 Å². The number of fused-ring (bicyclic) bond motifs is 10. The minimum Gasteiger partial charge on any atom is -0.358 e. The molecule has 4 atom stereocenters. The predicted octanol–water partition coefficient (Wildman–Crippen LogP) is 17.2. The van der Waals surface area contributed by atoms with Crippen molar-refractivity contribution in [3.05, 3.63) is 227 Å². The molecule has 0 saturated heterocycles. The SMILES string of the molecule is CC1C=CC(C2C=CC=C(c3ccc(-c4ccc5c(c4)c4cccc6c4n5-c4ccc(-c5ccccc5)cc4C4=C6C=CCC4C)cc3)C2)=C(Nc2cc3c(c4ccccc24)CC(C)C=C3)C1. The Kier molecular flexibility index (Phi) is 9.46. The lowest BCUT2D eigenvalue weighted by Gasteiger charge is -2.29. The molecule has 67 heavy (non-hydrogen) atoms. The summed E-state index contributed by atoms with van der Waals surface area (Å²) >= 11 is 0. The van der Waals surface area contributed by atoms with E-state index in [1.165, 1.54) is 122 Å². The molecule has 5 aliphatic rings. The van der Waals surface area contributed by atoms with Crippen molar-refractivity contribution in [2.75, 3.05) is 5.32 Å². The Labute approximate surface area is 394 Å². The van der Waals surface area contributed by atoms with Crippen LogP contribution >= 0.6 is 0 Å². The Morgan fingerprint density at radius 1 is 0.552 bits per heavy atom. The molecular weight excluding hydrogens is 809 g/mol. The summed E-state index contributed by atoms with van der Waals surface area (Å²) in [5, 5.41) is 9.32. The maximum absolute atomic E-state index is 4.04. The summed E-state index contributed by atoms with van der Waals surface area (Å²) < 4.78 is 2.56. The van der Waals surface area contributed by atoms with Gasteiger partial charge >= 0.3 is 0 Å². The molecule has 13 rings (SSSR count). The van der Waals surface area contributed by atoms with E-state index < -0.39 is 0 Å². The van der Waals surface area contributed by atoms with Crippen LogP contribution in [-0.4, -0.2) is 4.57 Å². The van der Waals surface area contributed by atoms with E-state index in [1.807, 2.05) is 0 Å². The number of aromatic nitrogens is 1. The molecular formula is C65H54N2. The van der Waals surface area contributed by atoms with Gasteiger partial charge in [-0.2, -0.15) is 0 Å². The Morgan fingerprint density at radius 2 is 1.28 bits per heavy atom. The third kappa shape index (κ3) is 6.68. The van der Waals surface area contributed by atoms with Crippen LogP contribution < -0.4 is 5.32 Å². The summed E-state index contributed by atoms with van der Waals surface area (Å²) in [6, 6.07) is 52.7. The second kappa shape index (κ2) is 15.9. The van der Waals surface area contributed by atoms with Crippen LogP contribution in [0.2, 0.25) is 0 Å². The van der Waals surface area contributed by atoms with E-state index in [4.69, 9.17) is 0 Å². The van der Waals surface area contributed by atoms with Gasteiger partial charge in [-0.15, -0.1) is 0 Å². The van der Waals surface area contributed by atoms with E-state index >= 15 is 0 Å². The Morgan fingerprint density at radius 3 is 2.16 bits per heavy atom. The van der Waals surface area contributed by atoms with Crippen LogP contribution in [0, 0.1) is 23.7 Å². The zero-order chi connectivity index (χ0) is 44.8. The molecule has 0 amide bonds. The number of benzene rings is 7. The summed E-state index contributed by atoms with van der Waals surface area (Å²) in [7, 11) is 0. The lowest BCUT2D eigenvalue weighted by Crippen LogP contribution is -2.16. The summed E-state index contributed by atoms with van der Waals surface area (Å²) in [6.45, 7) is 7.05. The van der Waals surface area contributed by atoms with Crippen molar-refractivity contribution in [1.82, 2.24) is 4.57 Å². The first-order chi connectivity index (χ1) is 32.9. The van der Waals surface area contributed by atoms with Crippen molar-refractivity contribution in [2.45, 2.75) is 46.5 Å². The monoisotopic (exact) mass is 862 g/mol. The van der Waals surface area contributed by atoms with Crippen LogP contribution in [0.3, 0.4) is 0 Å². The van der Waals surface area contributed by atoms with Crippen molar-refractivity contribution in [3.63, 3.8) is 0 Å². The zero-order valence-electron chi connectivity index (χ0n) is 38.6. The van der Waals surface area contributed by atoms with Gasteiger partial charge in [-0.05, 0) is 140 Å². The van der Waals surface area contributed by atoms with Crippen LogP contribution in [-0.2, 0) is 6.42 Å². The normalized spacial score (nSPS) is 20.6. The average Bonchev–Trinajstić information content (AvgIpc) is 3.64. The van der Waals surface area contributed by atoms with Gasteiger partial charge in [-0.3, -0.25) is 0 Å². The fourth-order valence-corrected chi connectivity index (χ4v) is 12.1. The highest BCUT2D eigenvalue weighted by Crippen LogP contribution is 2.49. The zero-order valence-corrected chi connectivity index (χ0v) is 38.6. The average molecular weight is 863 g/mol. The van der Waals surface area contributed by atoms with Gasteiger partial charge in [-0.1, -0.05) is 185 Å². The van der Waals surface area contributed by atoms with Gasteiger partial charge in [0.05, 0.1) is 16.7 Å². The van der Waals surface area contributed by atoms with E-state index in [-0.39, 0.29) is 0 Å². The topological polar surface area (TPSA) is 17.0 Å². The molecule has 324 valence electrons. The van der Waals surface area contributed by atoms with Gasteiger partial charge in [0.2, 0.25) is 0 Å². The maximum atomic E-state index is 4.04. The summed E-state index contributed by atoms with van der Waals surface area (Å²) in [6.07, 6.45) is 25.4. The number of rotatable bonds is 6. The van der Waals surface area contributed by atoms with Crippen molar-refractivity contribution in [1.29, 1.82) is 0 Å². The first-order valence-corrected chi connectivity index (χ1v) is 24.5. The van der Waals surface area contributed by atoms with Crippen molar-refractivity contribution in [2.24, 2.45) is 23.7 Å². The molecule has 7 aromatic carbocycles. The molecule has 1 N–H and O–H groups in total. The largest absolute Gasteiger partial charge is 0.358 e. The molecule has 2 heterocycles. The number of para-hydroxylation sites is 1. The van der Waals surface area contributed by atoms with E-state index in [9.17, 15) is 0 Å². The lowest BCUT2D eigenvalue weighted by molar-refractivity contribution is 0.674. The first kappa shape index (κ1) is 39.9. The Bertz CT molecular complexity index is 3580. The molecule has 2 nitrogen and oxygen atoms in total. The van der Waals surface area contributed by atoms with Gasteiger partial charge in [0.1, 0.15) is 0 Å². The van der Waals surface area contributed by atoms with Crippen molar-refractivity contribution < 1.29 is 0 Å². The first-order valence-electron chi connectivity index (χ1n) is 24.5. The standard InChI is InChI=1S/C65H54N2/c1-40-22-24-50-39-61(53-18-8-7-17-52(53)57(50)34-40)66-60-35-41(2)23-31-51(60)49-16-10-15-46(36-49)44-25-27-45(28-26-44)47-29-32-62-58(37-47)56-21-11-20-55-54-19-9-12-42(3)64(54)59-38-48(43-13-5-4-6-14-43)30-33-63(59)67(62)65(55)56/h4-11,13-33,37-42,49,66H,12,34-36H2,1-3H3. The fourth-order valence-electron chi connectivity index (χ4n) is 12.1. The number of nitrogens with zero attached hydrogens (tertiary/aromatic N) is 1. The maximum Gasteiger partial charge on any atom is 0.0619 e. The van der Waals surface area contributed by atoms with E-state index in [1.54, 1.807) is 0 Å². The van der Waals surface area contributed by atoms with Crippen LogP contribution in [0.15, 0.2) is 199 Å². The minimum atomic E-state index is 0.293. The third-order valence-electron chi connectivity index (χ3n) is 15.4. The molecule has 0 fully saturated rings. The van der Waals surface area contributed by atoms with Crippen LogP contribution in [0.4, 0.5) is 5.69 Å².